The second-order valence-electron chi connectivity index (χ2n) is 1.90. The highest BCUT2D eigenvalue weighted by Crippen LogP contribution is 2.25. The van der Waals surface area contributed by atoms with Gasteiger partial charge in [0, 0.05) is 4.88 Å². The number of rotatable bonds is 2. The van der Waals surface area contributed by atoms with E-state index in [4.69, 9.17) is 17.3 Å². The van der Waals surface area contributed by atoms with Crippen molar-refractivity contribution < 1.29 is 0 Å². The molecule has 1 nitrogen and oxygen atoms in total. The van der Waals surface area contributed by atoms with Crippen LogP contribution in [0.4, 0.5) is 0 Å². The zero-order chi connectivity index (χ0) is 7.56. The first-order chi connectivity index (χ1) is 4.74. The molecule has 0 saturated heterocycles. The Morgan fingerprint density at radius 3 is 2.80 bits per heavy atom. The van der Waals surface area contributed by atoms with Gasteiger partial charge in [0.05, 0.1) is 10.4 Å². The molecule has 0 aliphatic rings. The third-order valence-corrected chi connectivity index (χ3v) is 2.51. The third kappa shape index (κ3) is 1.59. The van der Waals surface area contributed by atoms with Gasteiger partial charge in [-0.3, -0.25) is 0 Å². The molecule has 3 heteroatoms. The second kappa shape index (κ2) is 3.19. The predicted octanol–water partition coefficient (Wildman–Crippen LogP) is 2.59. The lowest BCUT2D eigenvalue weighted by atomic mass is 10.2. The summed E-state index contributed by atoms with van der Waals surface area (Å²) >= 11 is 7.18. The van der Waals surface area contributed by atoms with Crippen LogP contribution in [0.15, 0.2) is 24.8 Å². The van der Waals surface area contributed by atoms with Crippen LogP contribution in [0.3, 0.4) is 0 Å². The number of thiophene rings is 1. The molecule has 54 valence electrons. The fourth-order valence-corrected chi connectivity index (χ4v) is 1.68. The van der Waals surface area contributed by atoms with E-state index in [-0.39, 0.29) is 6.04 Å². The topological polar surface area (TPSA) is 26.0 Å². The van der Waals surface area contributed by atoms with E-state index in [9.17, 15) is 0 Å². The van der Waals surface area contributed by atoms with Crippen molar-refractivity contribution in [3.05, 3.63) is 34.0 Å². The molecule has 0 spiro atoms. The molecule has 1 aromatic heterocycles. The molecule has 0 aromatic carbocycles. The lowest BCUT2D eigenvalue weighted by molar-refractivity contribution is 0.940. The first-order valence-corrected chi connectivity index (χ1v) is 4.07. The highest BCUT2D eigenvalue weighted by Gasteiger charge is 2.02. The predicted molar refractivity (Wildman–Crippen MR) is 46.5 cm³/mol. The summed E-state index contributed by atoms with van der Waals surface area (Å²) in [5, 5.41) is 0. The summed E-state index contributed by atoms with van der Waals surface area (Å²) in [7, 11) is 0. The van der Waals surface area contributed by atoms with Crippen molar-refractivity contribution in [2.24, 2.45) is 5.73 Å². The lowest BCUT2D eigenvalue weighted by Gasteiger charge is -1.98. The fraction of sp³-hybridized carbons (Fsp3) is 0.143. The Kier molecular flexibility index (Phi) is 2.49. The average Bonchev–Trinajstić information content (AvgIpc) is 2.34. The minimum absolute atomic E-state index is 0.0718. The van der Waals surface area contributed by atoms with Gasteiger partial charge in [-0.1, -0.05) is 17.7 Å². The molecule has 0 fully saturated rings. The van der Waals surface area contributed by atoms with Crippen molar-refractivity contribution in [2.75, 3.05) is 0 Å². The molecule has 1 heterocycles. The van der Waals surface area contributed by atoms with Crippen molar-refractivity contribution >= 4 is 22.9 Å². The van der Waals surface area contributed by atoms with Crippen molar-refractivity contribution in [1.29, 1.82) is 0 Å². The Morgan fingerprint density at radius 2 is 2.40 bits per heavy atom. The Bertz CT molecular complexity index is 231. The maximum Gasteiger partial charge on any atom is 0.0931 e. The van der Waals surface area contributed by atoms with Gasteiger partial charge in [0.2, 0.25) is 0 Å². The monoisotopic (exact) mass is 173 g/mol. The Hall–Kier alpha value is -0.310. The molecule has 1 atom stereocenters. The van der Waals surface area contributed by atoms with Crippen molar-refractivity contribution in [3.8, 4) is 0 Å². The standard InChI is InChI=1S/C7H8ClNS/c1-2-5(9)6-3-4-7(8)10-6/h2-5H,1,9H2/t5-/m1/s1. The van der Waals surface area contributed by atoms with Crippen LogP contribution < -0.4 is 5.73 Å². The van der Waals surface area contributed by atoms with E-state index < -0.39 is 0 Å². The van der Waals surface area contributed by atoms with E-state index in [2.05, 4.69) is 6.58 Å². The summed E-state index contributed by atoms with van der Waals surface area (Å²) in [6.07, 6.45) is 1.70. The molecule has 0 saturated carbocycles. The van der Waals surface area contributed by atoms with Crippen LogP contribution in [0.1, 0.15) is 10.9 Å². The summed E-state index contributed by atoms with van der Waals surface area (Å²) in [6, 6.07) is 3.68. The summed E-state index contributed by atoms with van der Waals surface area (Å²) in [6.45, 7) is 3.58. The van der Waals surface area contributed by atoms with Crippen LogP contribution >= 0.6 is 22.9 Å². The molecule has 0 aliphatic carbocycles. The van der Waals surface area contributed by atoms with Gasteiger partial charge < -0.3 is 5.73 Å². The number of halogens is 1. The average molecular weight is 174 g/mol. The second-order valence-corrected chi connectivity index (χ2v) is 3.65. The maximum atomic E-state index is 5.69. The van der Waals surface area contributed by atoms with Gasteiger partial charge in [-0.25, -0.2) is 0 Å². The summed E-state index contributed by atoms with van der Waals surface area (Å²) in [4.78, 5) is 1.06. The van der Waals surface area contributed by atoms with Gasteiger partial charge in [0.15, 0.2) is 0 Å². The Labute approximate surface area is 69.1 Å². The summed E-state index contributed by atoms with van der Waals surface area (Å²) in [5.74, 6) is 0. The molecule has 1 aromatic rings. The van der Waals surface area contributed by atoms with E-state index in [0.717, 1.165) is 9.21 Å². The van der Waals surface area contributed by atoms with Gasteiger partial charge in [-0.2, -0.15) is 0 Å². The Morgan fingerprint density at radius 1 is 1.70 bits per heavy atom. The maximum absolute atomic E-state index is 5.69. The molecule has 10 heavy (non-hydrogen) atoms. The van der Waals surface area contributed by atoms with E-state index >= 15 is 0 Å². The van der Waals surface area contributed by atoms with Crippen molar-refractivity contribution in [3.63, 3.8) is 0 Å². The van der Waals surface area contributed by atoms with Crippen LogP contribution in [-0.2, 0) is 0 Å². The minimum Gasteiger partial charge on any atom is -0.320 e. The largest absolute Gasteiger partial charge is 0.320 e. The summed E-state index contributed by atoms with van der Waals surface area (Å²) in [5.41, 5.74) is 5.64. The number of nitrogens with two attached hydrogens (primary N) is 1. The third-order valence-electron chi connectivity index (χ3n) is 1.18. The van der Waals surface area contributed by atoms with Crippen LogP contribution in [0.5, 0.6) is 0 Å². The zero-order valence-electron chi connectivity index (χ0n) is 5.38. The number of hydrogen-bond acceptors (Lipinski definition) is 2. The smallest absolute Gasteiger partial charge is 0.0931 e. The molecule has 1 rings (SSSR count). The summed E-state index contributed by atoms with van der Waals surface area (Å²) < 4.78 is 0.771. The normalized spacial score (nSPS) is 13.0. The van der Waals surface area contributed by atoms with E-state index in [0.29, 0.717) is 0 Å². The van der Waals surface area contributed by atoms with Crippen molar-refractivity contribution in [1.82, 2.24) is 0 Å². The number of hydrogen-bond donors (Lipinski definition) is 1. The van der Waals surface area contributed by atoms with Gasteiger partial charge in [0.25, 0.3) is 0 Å². The van der Waals surface area contributed by atoms with E-state index in [1.54, 1.807) is 6.08 Å². The molecule has 0 bridgehead atoms. The van der Waals surface area contributed by atoms with Gasteiger partial charge >= 0.3 is 0 Å². The van der Waals surface area contributed by atoms with Gasteiger partial charge in [-0.05, 0) is 12.1 Å². The molecule has 2 N–H and O–H groups in total. The quantitative estimate of drug-likeness (QED) is 0.684. The van der Waals surface area contributed by atoms with Crippen molar-refractivity contribution in [2.45, 2.75) is 6.04 Å². The molecule has 0 radical (unpaired) electrons. The molecular weight excluding hydrogens is 166 g/mol. The molecule has 0 amide bonds. The SMILES string of the molecule is C=C[C@@H](N)c1ccc(Cl)s1. The van der Waals surface area contributed by atoms with E-state index in [1.807, 2.05) is 12.1 Å². The van der Waals surface area contributed by atoms with Crippen LogP contribution in [0, 0.1) is 0 Å². The van der Waals surface area contributed by atoms with Gasteiger partial charge in [0.1, 0.15) is 0 Å². The molecule has 0 aliphatic heterocycles. The molecule has 0 unspecified atom stereocenters. The molecular formula is C7H8ClNS. The highest BCUT2D eigenvalue weighted by molar-refractivity contribution is 7.16. The van der Waals surface area contributed by atoms with Crippen LogP contribution in [0.25, 0.3) is 0 Å². The zero-order valence-corrected chi connectivity index (χ0v) is 6.95. The minimum atomic E-state index is -0.0718. The lowest BCUT2D eigenvalue weighted by Crippen LogP contribution is -2.03. The fourth-order valence-electron chi connectivity index (χ4n) is 0.624. The Balaban J connectivity index is 2.84. The first-order valence-electron chi connectivity index (χ1n) is 2.87. The highest BCUT2D eigenvalue weighted by atomic mass is 35.5. The van der Waals surface area contributed by atoms with Gasteiger partial charge in [-0.15, -0.1) is 17.9 Å². The first kappa shape index (κ1) is 7.79. The van der Waals surface area contributed by atoms with Crippen LogP contribution in [0.2, 0.25) is 4.34 Å². The van der Waals surface area contributed by atoms with Crippen LogP contribution in [-0.4, -0.2) is 0 Å². The van der Waals surface area contributed by atoms with E-state index in [1.165, 1.54) is 11.3 Å².